The van der Waals surface area contributed by atoms with Crippen LogP contribution < -0.4 is 4.74 Å². The molecular weight excluding hydrogens is 260 g/mol. The Bertz CT molecular complexity index is 549. The fraction of sp³-hybridized carbons (Fsp3) is 0.250. The summed E-state index contributed by atoms with van der Waals surface area (Å²) in [6, 6.07) is 13.0. The zero-order valence-electron chi connectivity index (χ0n) is 11.1. The highest BCUT2D eigenvalue weighted by molar-refractivity contribution is 6.30. The van der Waals surface area contributed by atoms with Gasteiger partial charge in [-0.1, -0.05) is 29.8 Å². The molecule has 1 unspecified atom stereocenters. The van der Waals surface area contributed by atoms with E-state index in [0.29, 0.717) is 10.8 Å². The predicted octanol–water partition coefficient (Wildman–Crippen LogP) is 4.07. The van der Waals surface area contributed by atoms with Crippen LogP contribution in [-0.4, -0.2) is 11.7 Å². The van der Waals surface area contributed by atoms with Crippen molar-refractivity contribution in [2.45, 2.75) is 20.0 Å². The number of rotatable bonds is 4. The monoisotopic (exact) mass is 276 g/mol. The lowest BCUT2D eigenvalue weighted by Gasteiger charge is -2.16. The highest BCUT2D eigenvalue weighted by Crippen LogP contribution is 2.22. The van der Waals surface area contributed by atoms with E-state index in [0.717, 1.165) is 11.1 Å². The second-order valence-electron chi connectivity index (χ2n) is 4.57. The number of benzene rings is 2. The van der Waals surface area contributed by atoms with Crippen molar-refractivity contribution in [2.75, 3.05) is 6.61 Å². The van der Waals surface area contributed by atoms with Crippen LogP contribution in [0.2, 0.25) is 5.02 Å². The fourth-order valence-electron chi connectivity index (χ4n) is 1.93. The lowest BCUT2D eigenvalue weighted by Crippen LogP contribution is -2.11. The molecule has 3 heteroatoms. The summed E-state index contributed by atoms with van der Waals surface area (Å²) < 4.78 is 5.56. The standard InChI is InChI=1S/C16H17ClO2/c1-11-4-3-5-15(12(11)2)16(18)10-19-14-8-6-13(17)7-9-14/h3-9,16,18H,10H2,1-2H3. The molecular formula is C16H17ClO2. The van der Waals surface area contributed by atoms with E-state index >= 15 is 0 Å². The first kappa shape index (κ1) is 13.9. The minimum atomic E-state index is -0.629. The average Bonchev–Trinajstić information content (AvgIpc) is 2.41. The second-order valence-corrected chi connectivity index (χ2v) is 5.01. The Morgan fingerprint density at radius 2 is 1.79 bits per heavy atom. The Morgan fingerprint density at radius 3 is 2.47 bits per heavy atom. The molecule has 0 aromatic heterocycles. The summed E-state index contributed by atoms with van der Waals surface area (Å²) in [4.78, 5) is 0. The fourth-order valence-corrected chi connectivity index (χ4v) is 2.06. The minimum Gasteiger partial charge on any atom is -0.491 e. The van der Waals surface area contributed by atoms with Crippen LogP contribution >= 0.6 is 11.6 Å². The number of aryl methyl sites for hydroxylation is 1. The van der Waals surface area contributed by atoms with Gasteiger partial charge in [-0.3, -0.25) is 0 Å². The number of hydrogen-bond acceptors (Lipinski definition) is 2. The summed E-state index contributed by atoms with van der Waals surface area (Å²) in [5.41, 5.74) is 3.19. The van der Waals surface area contributed by atoms with Crippen LogP contribution in [0.4, 0.5) is 0 Å². The summed E-state index contributed by atoms with van der Waals surface area (Å²) in [5, 5.41) is 10.9. The van der Waals surface area contributed by atoms with Gasteiger partial charge in [0.2, 0.25) is 0 Å². The summed E-state index contributed by atoms with van der Waals surface area (Å²) in [6.07, 6.45) is -0.629. The molecule has 0 heterocycles. The molecule has 0 aliphatic carbocycles. The van der Waals surface area contributed by atoms with E-state index in [1.807, 2.05) is 32.0 Å². The molecule has 100 valence electrons. The van der Waals surface area contributed by atoms with E-state index in [1.54, 1.807) is 24.3 Å². The van der Waals surface area contributed by atoms with Crippen molar-refractivity contribution >= 4 is 11.6 Å². The molecule has 2 nitrogen and oxygen atoms in total. The van der Waals surface area contributed by atoms with Gasteiger partial charge in [0, 0.05) is 5.02 Å². The van der Waals surface area contributed by atoms with Crippen molar-refractivity contribution < 1.29 is 9.84 Å². The van der Waals surface area contributed by atoms with E-state index in [1.165, 1.54) is 5.56 Å². The Balaban J connectivity index is 2.03. The first-order valence-corrected chi connectivity index (χ1v) is 6.58. The molecule has 0 spiro atoms. The third kappa shape index (κ3) is 3.49. The van der Waals surface area contributed by atoms with Crippen LogP contribution in [0.3, 0.4) is 0 Å². The highest BCUT2D eigenvalue weighted by Gasteiger charge is 2.12. The molecule has 0 bridgehead atoms. The lowest BCUT2D eigenvalue weighted by atomic mass is 10.00. The molecule has 0 amide bonds. The Kier molecular flexibility index (Phi) is 4.46. The predicted molar refractivity (Wildman–Crippen MR) is 77.8 cm³/mol. The van der Waals surface area contributed by atoms with Gasteiger partial charge in [0.15, 0.2) is 0 Å². The lowest BCUT2D eigenvalue weighted by molar-refractivity contribution is 0.107. The molecule has 0 aliphatic rings. The topological polar surface area (TPSA) is 29.5 Å². The quantitative estimate of drug-likeness (QED) is 0.912. The van der Waals surface area contributed by atoms with Gasteiger partial charge < -0.3 is 9.84 Å². The molecule has 0 fully saturated rings. The van der Waals surface area contributed by atoms with Crippen molar-refractivity contribution in [1.82, 2.24) is 0 Å². The van der Waals surface area contributed by atoms with E-state index in [4.69, 9.17) is 16.3 Å². The van der Waals surface area contributed by atoms with E-state index in [2.05, 4.69) is 0 Å². The van der Waals surface area contributed by atoms with Gasteiger partial charge in [0.1, 0.15) is 18.5 Å². The maximum absolute atomic E-state index is 10.2. The Morgan fingerprint density at radius 1 is 1.11 bits per heavy atom. The van der Waals surface area contributed by atoms with Gasteiger partial charge in [-0.05, 0) is 54.8 Å². The molecule has 1 N–H and O–H groups in total. The van der Waals surface area contributed by atoms with Crippen molar-refractivity contribution in [1.29, 1.82) is 0 Å². The van der Waals surface area contributed by atoms with Crippen LogP contribution in [0.5, 0.6) is 5.75 Å². The summed E-state index contributed by atoms with van der Waals surface area (Å²) in [6.45, 7) is 4.27. The Labute approximate surface area is 118 Å². The van der Waals surface area contributed by atoms with Crippen LogP contribution in [0.25, 0.3) is 0 Å². The number of halogens is 1. The van der Waals surface area contributed by atoms with Gasteiger partial charge in [0.25, 0.3) is 0 Å². The van der Waals surface area contributed by atoms with E-state index in [9.17, 15) is 5.11 Å². The molecule has 0 radical (unpaired) electrons. The summed E-state index contributed by atoms with van der Waals surface area (Å²) in [5.74, 6) is 0.703. The number of ether oxygens (including phenoxy) is 1. The van der Waals surface area contributed by atoms with Crippen molar-refractivity contribution in [3.63, 3.8) is 0 Å². The van der Waals surface area contributed by atoms with Gasteiger partial charge in [-0.15, -0.1) is 0 Å². The second kappa shape index (κ2) is 6.09. The molecule has 1 atom stereocenters. The van der Waals surface area contributed by atoms with E-state index < -0.39 is 6.10 Å². The van der Waals surface area contributed by atoms with Crippen molar-refractivity contribution in [2.24, 2.45) is 0 Å². The number of hydrogen-bond donors (Lipinski definition) is 1. The molecule has 19 heavy (non-hydrogen) atoms. The molecule has 0 saturated heterocycles. The van der Waals surface area contributed by atoms with Crippen molar-refractivity contribution in [3.8, 4) is 5.75 Å². The first-order valence-electron chi connectivity index (χ1n) is 6.20. The maximum Gasteiger partial charge on any atom is 0.119 e. The molecule has 2 rings (SSSR count). The SMILES string of the molecule is Cc1cccc(C(O)COc2ccc(Cl)cc2)c1C. The normalized spacial score (nSPS) is 12.2. The largest absolute Gasteiger partial charge is 0.491 e. The number of aliphatic hydroxyl groups is 1. The van der Waals surface area contributed by atoms with Gasteiger partial charge >= 0.3 is 0 Å². The summed E-state index contributed by atoms with van der Waals surface area (Å²) in [7, 11) is 0. The molecule has 0 aliphatic heterocycles. The zero-order valence-corrected chi connectivity index (χ0v) is 11.8. The minimum absolute atomic E-state index is 0.228. The molecule has 0 saturated carbocycles. The Hall–Kier alpha value is -1.51. The zero-order chi connectivity index (χ0) is 13.8. The van der Waals surface area contributed by atoms with Crippen LogP contribution in [0, 0.1) is 13.8 Å². The summed E-state index contributed by atoms with van der Waals surface area (Å²) >= 11 is 5.80. The molecule has 2 aromatic carbocycles. The third-order valence-corrected chi connectivity index (χ3v) is 3.48. The van der Waals surface area contributed by atoms with Gasteiger partial charge in [-0.25, -0.2) is 0 Å². The average molecular weight is 277 g/mol. The maximum atomic E-state index is 10.2. The number of aliphatic hydroxyl groups excluding tert-OH is 1. The van der Waals surface area contributed by atoms with Gasteiger partial charge in [-0.2, -0.15) is 0 Å². The smallest absolute Gasteiger partial charge is 0.119 e. The van der Waals surface area contributed by atoms with E-state index in [-0.39, 0.29) is 6.61 Å². The van der Waals surface area contributed by atoms with Crippen LogP contribution in [-0.2, 0) is 0 Å². The third-order valence-electron chi connectivity index (χ3n) is 3.23. The van der Waals surface area contributed by atoms with Crippen LogP contribution in [0.15, 0.2) is 42.5 Å². The van der Waals surface area contributed by atoms with Crippen molar-refractivity contribution in [3.05, 3.63) is 64.2 Å². The first-order chi connectivity index (χ1) is 9.08. The van der Waals surface area contributed by atoms with Gasteiger partial charge in [0.05, 0.1) is 0 Å². The molecule has 2 aromatic rings. The highest BCUT2D eigenvalue weighted by atomic mass is 35.5. The van der Waals surface area contributed by atoms with Crippen LogP contribution in [0.1, 0.15) is 22.8 Å².